The molecule has 104 valence electrons. The van der Waals surface area contributed by atoms with Crippen LogP contribution >= 0.6 is 0 Å². The van der Waals surface area contributed by atoms with E-state index in [1.807, 2.05) is 36.5 Å². The van der Waals surface area contributed by atoms with E-state index < -0.39 is 0 Å². The van der Waals surface area contributed by atoms with Crippen LogP contribution in [0.2, 0.25) is 0 Å². The molecule has 0 aliphatic rings. The molecule has 0 saturated carbocycles. The number of pyridine rings is 1. The lowest BCUT2D eigenvalue weighted by atomic mass is 10.2. The number of nitrogens with zero attached hydrogens (tertiary/aromatic N) is 1. The molecule has 0 aliphatic heterocycles. The molecule has 2 aromatic heterocycles. The lowest BCUT2D eigenvalue weighted by molar-refractivity contribution is 0.407. The molecule has 0 atom stereocenters. The van der Waals surface area contributed by atoms with Crippen molar-refractivity contribution in [1.82, 2.24) is 9.97 Å². The Morgan fingerprint density at radius 3 is 2.48 bits per heavy atom. The average molecular weight is 278 g/mol. The second-order valence-corrected chi connectivity index (χ2v) is 4.57. The molecule has 0 amide bonds. The number of aromatic hydroxyl groups is 2. The molecule has 0 bridgehead atoms. The van der Waals surface area contributed by atoms with Gasteiger partial charge < -0.3 is 15.2 Å². The standard InChI is InChI=1S/C9H7N.C8H7NO2/c1-2-6-9-8(4-1)5-3-7-10-9;10-6-2-1-5-3-4-9-7(5)8(6)11/h1-7H;1-4,9-11H. The van der Waals surface area contributed by atoms with Gasteiger partial charge in [-0.3, -0.25) is 4.98 Å². The minimum atomic E-state index is -0.0973. The van der Waals surface area contributed by atoms with Crippen molar-refractivity contribution in [3.8, 4) is 11.5 Å². The Labute approximate surface area is 121 Å². The fourth-order valence-electron chi connectivity index (χ4n) is 2.12. The molecule has 0 fully saturated rings. The van der Waals surface area contributed by atoms with E-state index in [2.05, 4.69) is 22.1 Å². The number of benzene rings is 2. The lowest BCUT2D eigenvalue weighted by Gasteiger charge is -1.96. The summed E-state index contributed by atoms with van der Waals surface area (Å²) in [7, 11) is 0. The van der Waals surface area contributed by atoms with Crippen molar-refractivity contribution in [2.45, 2.75) is 0 Å². The summed E-state index contributed by atoms with van der Waals surface area (Å²) in [5, 5.41) is 20.4. The first-order chi connectivity index (χ1) is 10.3. The number of aromatic nitrogens is 2. The van der Waals surface area contributed by atoms with Gasteiger partial charge in [0.1, 0.15) is 0 Å². The number of para-hydroxylation sites is 1. The van der Waals surface area contributed by atoms with Crippen LogP contribution in [0.15, 0.2) is 67.0 Å². The average Bonchev–Trinajstić information content (AvgIpc) is 3.01. The Balaban J connectivity index is 0.000000126. The number of phenols is 2. The highest BCUT2D eigenvalue weighted by molar-refractivity contribution is 5.87. The third-order valence-electron chi connectivity index (χ3n) is 3.19. The zero-order valence-corrected chi connectivity index (χ0v) is 11.2. The Bertz CT molecular complexity index is 819. The van der Waals surface area contributed by atoms with Crippen LogP contribution < -0.4 is 0 Å². The summed E-state index contributed by atoms with van der Waals surface area (Å²) >= 11 is 0. The number of rotatable bonds is 0. The van der Waals surface area contributed by atoms with E-state index in [9.17, 15) is 5.11 Å². The smallest absolute Gasteiger partial charge is 0.182 e. The minimum absolute atomic E-state index is 0.0903. The van der Waals surface area contributed by atoms with Gasteiger partial charge in [-0.25, -0.2) is 0 Å². The van der Waals surface area contributed by atoms with Crippen LogP contribution in [0.4, 0.5) is 0 Å². The van der Waals surface area contributed by atoms with Crippen LogP contribution in [-0.2, 0) is 0 Å². The van der Waals surface area contributed by atoms with E-state index in [-0.39, 0.29) is 11.5 Å². The van der Waals surface area contributed by atoms with Crippen LogP contribution in [0.1, 0.15) is 0 Å². The van der Waals surface area contributed by atoms with Crippen LogP contribution in [0, 0.1) is 0 Å². The Hall–Kier alpha value is -3.01. The molecular weight excluding hydrogens is 264 g/mol. The van der Waals surface area contributed by atoms with Crippen LogP contribution in [0.25, 0.3) is 21.8 Å². The number of hydrogen-bond acceptors (Lipinski definition) is 3. The predicted molar refractivity (Wildman–Crippen MR) is 83.4 cm³/mol. The third-order valence-corrected chi connectivity index (χ3v) is 3.19. The number of hydrogen-bond donors (Lipinski definition) is 3. The van der Waals surface area contributed by atoms with Gasteiger partial charge in [0.2, 0.25) is 0 Å². The van der Waals surface area contributed by atoms with Crippen LogP contribution in [-0.4, -0.2) is 20.2 Å². The van der Waals surface area contributed by atoms with Crippen molar-refractivity contribution in [2.75, 3.05) is 0 Å². The van der Waals surface area contributed by atoms with Gasteiger partial charge in [-0.15, -0.1) is 0 Å². The van der Waals surface area contributed by atoms with Crippen LogP contribution in [0.3, 0.4) is 0 Å². The first-order valence-electron chi connectivity index (χ1n) is 6.53. The minimum Gasteiger partial charge on any atom is -0.504 e. The SMILES string of the molecule is Oc1ccc2cc[nH]c2c1O.c1ccc2ncccc2c1. The van der Waals surface area contributed by atoms with Crippen molar-refractivity contribution in [3.05, 3.63) is 67.0 Å². The molecular formula is C17H14N2O2. The Kier molecular flexibility index (Phi) is 3.43. The van der Waals surface area contributed by atoms with Crippen molar-refractivity contribution >= 4 is 21.8 Å². The zero-order chi connectivity index (χ0) is 14.7. The summed E-state index contributed by atoms with van der Waals surface area (Å²) in [6.07, 6.45) is 3.52. The second kappa shape index (κ2) is 5.54. The molecule has 3 N–H and O–H groups in total. The Morgan fingerprint density at radius 2 is 1.62 bits per heavy atom. The summed E-state index contributed by atoms with van der Waals surface area (Å²) in [5.74, 6) is -0.188. The van der Waals surface area contributed by atoms with Gasteiger partial charge in [-0.2, -0.15) is 0 Å². The van der Waals surface area contributed by atoms with Gasteiger partial charge in [0.05, 0.1) is 11.0 Å². The largest absolute Gasteiger partial charge is 0.504 e. The summed E-state index contributed by atoms with van der Waals surface area (Å²) in [5.41, 5.74) is 1.63. The molecule has 4 heteroatoms. The molecule has 0 spiro atoms. The first-order valence-corrected chi connectivity index (χ1v) is 6.53. The number of fused-ring (bicyclic) bond motifs is 2. The lowest BCUT2D eigenvalue weighted by Crippen LogP contribution is -1.73. The van der Waals surface area contributed by atoms with Crippen LogP contribution in [0.5, 0.6) is 11.5 Å². The highest BCUT2D eigenvalue weighted by Gasteiger charge is 2.04. The van der Waals surface area contributed by atoms with Crippen molar-refractivity contribution in [1.29, 1.82) is 0 Å². The molecule has 4 nitrogen and oxygen atoms in total. The van der Waals surface area contributed by atoms with E-state index >= 15 is 0 Å². The normalized spacial score (nSPS) is 10.3. The fourth-order valence-corrected chi connectivity index (χ4v) is 2.12. The maximum atomic E-state index is 9.27. The molecule has 21 heavy (non-hydrogen) atoms. The maximum Gasteiger partial charge on any atom is 0.182 e. The Morgan fingerprint density at radius 1 is 0.810 bits per heavy atom. The van der Waals surface area contributed by atoms with Gasteiger partial charge in [0.25, 0.3) is 0 Å². The summed E-state index contributed by atoms with van der Waals surface area (Å²) in [6, 6.07) is 17.1. The molecule has 0 unspecified atom stereocenters. The molecule has 0 saturated heterocycles. The monoisotopic (exact) mass is 278 g/mol. The molecule has 2 aromatic carbocycles. The number of aromatic amines is 1. The number of nitrogens with one attached hydrogen (secondary N) is 1. The molecule has 4 rings (SSSR count). The number of H-pyrrole nitrogens is 1. The number of phenolic OH excluding ortho intramolecular Hbond substituents is 2. The molecule has 4 aromatic rings. The van der Waals surface area contributed by atoms with Gasteiger partial charge in [-0.05, 0) is 30.3 Å². The summed E-state index contributed by atoms with van der Waals surface area (Å²) in [6.45, 7) is 0. The molecule has 0 aliphatic carbocycles. The second-order valence-electron chi connectivity index (χ2n) is 4.57. The van der Waals surface area contributed by atoms with Gasteiger partial charge in [-0.1, -0.05) is 24.3 Å². The third kappa shape index (κ3) is 2.65. The highest BCUT2D eigenvalue weighted by atomic mass is 16.3. The summed E-state index contributed by atoms with van der Waals surface area (Å²) in [4.78, 5) is 7.00. The topological polar surface area (TPSA) is 69.1 Å². The van der Waals surface area contributed by atoms with E-state index in [4.69, 9.17) is 5.11 Å². The van der Waals surface area contributed by atoms with E-state index in [1.165, 1.54) is 11.5 Å². The zero-order valence-electron chi connectivity index (χ0n) is 11.2. The van der Waals surface area contributed by atoms with E-state index in [0.29, 0.717) is 5.52 Å². The maximum absolute atomic E-state index is 9.27. The fraction of sp³-hybridized carbons (Fsp3) is 0. The van der Waals surface area contributed by atoms with Crippen molar-refractivity contribution in [3.63, 3.8) is 0 Å². The van der Waals surface area contributed by atoms with Crippen molar-refractivity contribution < 1.29 is 10.2 Å². The van der Waals surface area contributed by atoms with E-state index in [1.54, 1.807) is 12.3 Å². The van der Waals surface area contributed by atoms with Gasteiger partial charge in [0, 0.05) is 23.2 Å². The first kappa shape index (κ1) is 13.0. The van der Waals surface area contributed by atoms with Gasteiger partial charge in [0.15, 0.2) is 11.5 Å². The quantitative estimate of drug-likeness (QED) is 0.428. The predicted octanol–water partition coefficient (Wildman–Crippen LogP) is 3.81. The van der Waals surface area contributed by atoms with Crippen molar-refractivity contribution in [2.24, 2.45) is 0 Å². The highest BCUT2D eigenvalue weighted by Crippen LogP contribution is 2.31. The van der Waals surface area contributed by atoms with E-state index in [0.717, 1.165) is 10.9 Å². The summed E-state index contributed by atoms with van der Waals surface area (Å²) < 4.78 is 0. The molecule has 0 radical (unpaired) electrons. The van der Waals surface area contributed by atoms with Gasteiger partial charge >= 0.3 is 0 Å². The molecule has 2 heterocycles.